The molecule has 1 unspecified atom stereocenters. The van der Waals surface area contributed by atoms with Gasteiger partial charge in [-0.15, -0.1) is 0 Å². The van der Waals surface area contributed by atoms with E-state index in [9.17, 15) is 9.59 Å². The highest BCUT2D eigenvalue weighted by Crippen LogP contribution is 2.17. The van der Waals surface area contributed by atoms with Crippen molar-refractivity contribution in [1.82, 2.24) is 14.7 Å². The minimum atomic E-state index is -0.963. The molecule has 1 rings (SSSR count). The van der Waals surface area contributed by atoms with Gasteiger partial charge in [-0.25, -0.2) is 4.79 Å². The highest BCUT2D eigenvalue weighted by Gasteiger charge is 2.31. The normalized spacial score (nSPS) is 18.9. The number of likely N-dealkylation sites (tertiary alicyclic amines) is 1. The van der Waals surface area contributed by atoms with Crippen LogP contribution in [0.25, 0.3) is 0 Å². The molecule has 0 saturated carbocycles. The molecule has 1 atom stereocenters. The summed E-state index contributed by atoms with van der Waals surface area (Å²) in [5, 5.41) is 8.80. The summed E-state index contributed by atoms with van der Waals surface area (Å²) in [7, 11) is 0. The zero-order valence-corrected chi connectivity index (χ0v) is 12.1. The second-order valence-electron chi connectivity index (χ2n) is 4.80. The number of carbonyl (C=O) groups is 2. The number of aliphatic carboxylic acids is 1. The fourth-order valence-corrected chi connectivity index (χ4v) is 2.63. The fourth-order valence-electron chi connectivity index (χ4n) is 2.63. The largest absolute Gasteiger partial charge is 0.480 e. The van der Waals surface area contributed by atoms with Crippen molar-refractivity contribution in [3.05, 3.63) is 0 Å². The molecule has 0 aromatic carbocycles. The molecule has 0 aliphatic carbocycles. The molecule has 6 nitrogen and oxygen atoms in total. The molecule has 1 N–H and O–H groups in total. The number of carbonyl (C=O) groups excluding carboxylic acids is 1. The Balaban J connectivity index is 2.57. The van der Waals surface area contributed by atoms with Crippen molar-refractivity contribution in [2.45, 2.75) is 33.2 Å². The molecule has 110 valence electrons. The summed E-state index contributed by atoms with van der Waals surface area (Å²) in [5.74, 6) is -0.963. The van der Waals surface area contributed by atoms with Crippen LogP contribution in [0.5, 0.6) is 0 Å². The van der Waals surface area contributed by atoms with Crippen LogP contribution in [0, 0.1) is 0 Å². The fraction of sp³-hybridized carbons (Fsp3) is 0.846. The van der Waals surface area contributed by atoms with E-state index in [0.717, 1.165) is 26.1 Å². The quantitative estimate of drug-likeness (QED) is 0.780. The van der Waals surface area contributed by atoms with Crippen molar-refractivity contribution in [2.24, 2.45) is 0 Å². The van der Waals surface area contributed by atoms with E-state index in [2.05, 4.69) is 18.7 Å². The topological polar surface area (TPSA) is 64.1 Å². The van der Waals surface area contributed by atoms with Gasteiger partial charge in [-0.05, 0) is 26.4 Å². The van der Waals surface area contributed by atoms with Crippen LogP contribution in [0.1, 0.15) is 27.2 Å². The molecule has 19 heavy (non-hydrogen) atoms. The average molecular weight is 271 g/mol. The van der Waals surface area contributed by atoms with Crippen molar-refractivity contribution in [2.75, 3.05) is 39.3 Å². The summed E-state index contributed by atoms with van der Waals surface area (Å²) in [6.07, 6.45) is 0.970. The lowest BCUT2D eigenvalue weighted by Gasteiger charge is -2.28. The second kappa shape index (κ2) is 7.33. The van der Waals surface area contributed by atoms with Gasteiger partial charge in [-0.2, -0.15) is 0 Å². The number of carboxylic acid groups (broad SMARTS) is 1. The maximum atomic E-state index is 12.2. The minimum Gasteiger partial charge on any atom is -0.480 e. The summed E-state index contributed by atoms with van der Waals surface area (Å²) in [4.78, 5) is 28.5. The Bertz CT molecular complexity index is 318. The molecular weight excluding hydrogens is 246 g/mol. The average Bonchev–Trinajstić information content (AvgIpc) is 2.86. The maximum Gasteiger partial charge on any atom is 0.323 e. The molecule has 1 aliphatic rings. The molecule has 1 saturated heterocycles. The number of rotatable bonds is 6. The van der Waals surface area contributed by atoms with E-state index in [1.165, 1.54) is 4.90 Å². The van der Waals surface area contributed by atoms with Crippen LogP contribution < -0.4 is 0 Å². The maximum absolute atomic E-state index is 12.2. The van der Waals surface area contributed by atoms with Gasteiger partial charge >= 0.3 is 12.0 Å². The molecule has 0 aromatic rings. The molecule has 1 aliphatic heterocycles. The molecule has 2 amide bonds. The van der Waals surface area contributed by atoms with Crippen LogP contribution in [0.2, 0.25) is 0 Å². The van der Waals surface area contributed by atoms with Crippen LogP contribution in [0.4, 0.5) is 4.79 Å². The Labute approximate surface area is 115 Å². The summed E-state index contributed by atoms with van der Waals surface area (Å²) in [5.41, 5.74) is 0. The third kappa shape index (κ3) is 4.09. The zero-order chi connectivity index (χ0) is 14.4. The van der Waals surface area contributed by atoms with Crippen molar-refractivity contribution in [1.29, 1.82) is 0 Å². The Morgan fingerprint density at radius 2 is 1.84 bits per heavy atom. The molecule has 0 bridgehead atoms. The predicted molar refractivity (Wildman–Crippen MR) is 73.2 cm³/mol. The highest BCUT2D eigenvalue weighted by atomic mass is 16.4. The molecule has 0 spiro atoms. The van der Waals surface area contributed by atoms with E-state index in [1.54, 1.807) is 11.8 Å². The van der Waals surface area contributed by atoms with Gasteiger partial charge < -0.3 is 14.9 Å². The lowest BCUT2D eigenvalue weighted by Crippen LogP contribution is -2.46. The molecule has 1 fully saturated rings. The third-order valence-corrected chi connectivity index (χ3v) is 3.74. The number of hydrogen-bond donors (Lipinski definition) is 1. The van der Waals surface area contributed by atoms with Gasteiger partial charge in [0.05, 0.1) is 0 Å². The first kappa shape index (κ1) is 15.8. The monoisotopic (exact) mass is 271 g/mol. The summed E-state index contributed by atoms with van der Waals surface area (Å²) < 4.78 is 0. The number of nitrogens with zero attached hydrogens (tertiary/aromatic N) is 3. The van der Waals surface area contributed by atoms with E-state index >= 15 is 0 Å². The Hall–Kier alpha value is -1.30. The lowest BCUT2D eigenvalue weighted by molar-refractivity contribution is -0.137. The van der Waals surface area contributed by atoms with E-state index in [1.807, 2.05) is 0 Å². The SMILES string of the molecule is CCN(CC(=O)O)C(=O)N1CCC(N(CC)CC)C1. The van der Waals surface area contributed by atoms with Gasteiger partial charge in [-0.1, -0.05) is 13.8 Å². The van der Waals surface area contributed by atoms with Gasteiger partial charge in [0.1, 0.15) is 6.54 Å². The molecule has 0 aromatic heterocycles. The molecule has 0 radical (unpaired) electrons. The van der Waals surface area contributed by atoms with Crippen molar-refractivity contribution in [3.8, 4) is 0 Å². The highest BCUT2D eigenvalue weighted by molar-refractivity contribution is 5.80. The van der Waals surface area contributed by atoms with Crippen molar-refractivity contribution < 1.29 is 14.7 Å². The number of hydrogen-bond acceptors (Lipinski definition) is 3. The third-order valence-electron chi connectivity index (χ3n) is 3.74. The van der Waals surface area contributed by atoms with Gasteiger partial charge in [0, 0.05) is 25.7 Å². The first-order valence-corrected chi connectivity index (χ1v) is 7.03. The summed E-state index contributed by atoms with van der Waals surface area (Å²) in [6.45, 7) is 9.64. The molecule has 6 heteroatoms. The molecular formula is C13H25N3O3. The van der Waals surface area contributed by atoms with Crippen LogP contribution in [-0.4, -0.2) is 77.1 Å². The minimum absolute atomic E-state index is 0.153. The summed E-state index contributed by atoms with van der Waals surface area (Å²) >= 11 is 0. The Kier molecular flexibility index (Phi) is 6.08. The standard InChI is InChI=1S/C13H25N3O3/c1-4-14(5-2)11-7-8-16(9-11)13(19)15(6-3)10-12(17)18/h11H,4-10H2,1-3H3,(H,17,18). The zero-order valence-electron chi connectivity index (χ0n) is 12.1. The predicted octanol–water partition coefficient (Wildman–Crippen LogP) is 0.929. The number of carboxylic acids is 1. The Morgan fingerprint density at radius 3 is 2.32 bits per heavy atom. The Morgan fingerprint density at radius 1 is 1.21 bits per heavy atom. The van der Waals surface area contributed by atoms with E-state index in [0.29, 0.717) is 19.1 Å². The van der Waals surface area contributed by atoms with E-state index in [-0.39, 0.29) is 12.6 Å². The van der Waals surface area contributed by atoms with Gasteiger partial charge in [0.2, 0.25) is 0 Å². The van der Waals surface area contributed by atoms with Gasteiger partial charge in [0.15, 0.2) is 0 Å². The number of urea groups is 1. The van der Waals surface area contributed by atoms with Crippen molar-refractivity contribution in [3.63, 3.8) is 0 Å². The van der Waals surface area contributed by atoms with Crippen LogP contribution >= 0.6 is 0 Å². The van der Waals surface area contributed by atoms with Crippen LogP contribution in [-0.2, 0) is 4.79 Å². The summed E-state index contributed by atoms with van der Waals surface area (Å²) in [6, 6.07) is 0.252. The lowest BCUT2D eigenvalue weighted by atomic mass is 10.2. The number of amides is 2. The van der Waals surface area contributed by atoms with E-state index in [4.69, 9.17) is 5.11 Å². The first-order valence-electron chi connectivity index (χ1n) is 7.03. The number of likely N-dealkylation sites (N-methyl/N-ethyl adjacent to an activating group) is 2. The van der Waals surface area contributed by atoms with Gasteiger partial charge in [-0.3, -0.25) is 9.69 Å². The second-order valence-corrected chi connectivity index (χ2v) is 4.80. The smallest absolute Gasteiger partial charge is 0.323 e. The first-order chi connectivity index (χ1) is 9.03. The van der Waals surface area contributed by atoms with E-state index < -0.39 is 5.97 Å². The van der Waals surface area contributed by atoms with Crippen molar-refractivity contribution >= 4 is 12.0 Å². The molecule has 1 heterocycles. The van der Waals surface area contributed by atoms with Gasteiger partial charge in [0.25, 0.3) is 0 Å². The van der Waals surface area contributed by atoms with Crippen LogP contribution in [0.3, 0.4) is 0 Å². The van der Waals surface area contributed by atoms with Crippen LogP contribution in [0.15, 0.2) is 0 Å².